The Morgan fingerprint density at radius 3 is 2.62 bits per heavy atom. The van der Waals surface area contributed by atoms with Crippen molar-refractivity contribution in [3.05, 3.63) is 36.4 Å². The molecule has 0 unspecified atom stereocenters. The third-order valence-electron chi connectivity index (χ3n) is 3.00. The Morgan fingerprint density at radius 2 is 1.86 bits per heavy atom. The van der Waals surface area contributed by atoms with Crippen molar-refractivity contribution in [2.45, 2.75) is 19.8 Å². The lowest BCUT2D eigenvalue weighted by Crippen LogP contribution is -2.06. The molecule has 2 rings (SSSR count). The van der Waals surface area contributed by atoms with E-state index in [0.717, 1.165) is 22.2 Å². The van der Waals surface area contributed by atoms with Crippen LogP contribution in [0.25, 0.3) is 10.8 Å². The average Bonchev–Trinajstić information content (AvgIpc) is 2.45. The molecule has 2 aromatic rings. The highest BCUT2D eigenvalue weighted by molar-refractivity contribution is 5.96. The molecular weight excluding hydrogens is 290 g/mol. The van der Waals surface area contributed by atoms with Crippen LogP contribution in [-0.4, -0.2) is 19.2 Å². The fourth-order valence-corrected chi connectivity index (χ4v) is 2.06. The molecule has 0 aliphatic rings. The molecule has 0 spiro atoms. The summed E-state index contributed by atoms with van der Waals surface area (Å²) in [7, 11) is 0. The number of ether oxygens (including phenoxy) is 2. The monoisotopic (exact) mass is 309 g/mol. The van der Waals surface area contributed by atoms with Crippen LogP contribution in [0.5, 0.6) is 5.75 Å². The van der Waals surface area contributed by atoms with Gasteiger partial charge in [-0.25, -0.2) is 0 Å². The number of fused-ring (bicyclic) bond motifs is 1. The summed E-state index contributed by atoms with van der Waals surface area (Å²) in [5.41, 5.74) is 6.67. The van der Waals surface area contributed by atoms with Crippen LogP contribution in [0.1, 0.15) is 19.8 Å². The number of rotatable bonds is 6. The van der Waals surface area contributed by atoms with Crippen LogP contribution in [0.4, 0.5) is 5.69 Å². The number of hydrogen-bond donors (Lipinski definition) is 1. The lowest BCUT2D eigenvalue weighted by Gasteiger charge is -2.10. The van der Waals surface area contributed by atoms with Gasteiger partial charge < -0.3 is 15.2 Å². The molecule has 21 heavy (non-hydrogen) atoms. The number of nitrogens with two attached hydrogens (primary N) is 1. The lowest BCUT2D eigenvalue weighted by molar-refractivity contribution is -0.143. The first-order valence-electron chi connectivity index (χ1n) is 6.78. The second-order valence-corrected chi connectivity index (χ2v) is 4.46. The van der Waals surface area contributed by atoms with Gasteiger partial charge in [0.05, 0.1) is 13.2 Å². The molecule has 2 aromatic carbocycles. The van der Waals surface area contributed by atoms with Crippen molar-refractivity contribution in [3.63, 3.8) is 0 Å². The standard InChI is InChI=1S/C16H19NO3.ClH/c1-2-19-16(18)10-5-11-20-15-9-4-6-12-13(15)7-3-8-14(12)17;/h3-4,6-9H,2,5,10-11,17H2,1H3;1H. The molecule has 114 valence electrons. The Kier molecular flexibility index (Phi) is 6.82. The zero-order valence-electron chi connectivity index (χ0n) is 12.0. The minimum Gasteiger partial charge on any atom is -0.493 e. The third-order valence-corrected chi connectivity index (χ3v) is 3.00. The third kappa shape index (κ3) is 4.53. The Balaban J connectivity index is 0.00000220. The quantitative estimate of drug-likeness (QED) is 0.503. The molecule has 0 saturated carbocycles. The molecular formula is C16H20ClNO3. The number of hydrogen-bond acceptors (Lipinski definition) is 4. The summed E-state index contributed by atoms with van der Waals surface area (Å²) in [6, 6.07) is 11.5. The van der Waals surface area contributed by atoms with Gasteiger partial charge in [0, 0.05) is 22.9 Å². The van der Waals surface area contributed by atoms with Crippen LogP contribution in [0.2, 0.25) is 0 Å². The van der Waals surface area contributed by atoms with Crippen LogP contribution in [0, 0.1) is 0 Å². The first-order valence-corrected chi connectivity index (χ1v) is 6.78. The number of halogens is 1. The molecule has 0 atom stereocenters. The SMILES string of the molecule is CCOC(=O)CCCOc1cccc2c(N)cccc12.Cl. The molecule has 0 amide bonds. The minimum absolute atomic E-state index is 0. The number of benzene rings is 2. The fourth-order valence-electron chi connectivity index (χ4n) is 2.06. The molecule has 5 heteroatoms. The van der Waals surface area contributed by atoms with Crippen LogP contribution in [0.15, 0.2) is 36.4 Å². The number of nitrogen functional groups attached to an aromatic ring is 1. The van der Waals surface area contributed by atoms with E-state index in [1.165, 1.54) is 0 Å². The van der Waals surface area contributed by atoms with Crippen LogP contribution in [-0.2, 0) is 9.53 Å². The Bertz CT molecular complexity index is 601. The van der Waals surface area contributed by atoms with Crippen molar-refractivity contribution in [2.24, 2.45) is 0 Å². The van der Waals surface area contributed by atoms with Crippen LogP contribution in [0.3, 0.4) is 0 Å². The normalized spacial score (nSPS) is 9.95. The van der Waals surface area contributed by atoms with E-state index in [-0.39, 0.29) is 18.4 Å². The summed E-state index contributed by atoms with van der Waals surface area (Å²) in [4.78, 5) is 11.2. The summed E-state index contributed by atoms with van der Waals surface area (Å²) < 4.78 is 10.6. The van der Waals surface area contributed by atoms with Crippen molar-refractivity contribution in [3.8, 4) is 5.75 Å². The molecule has 0 saturated heterocycles. The van der Waals surface area contributed by atoms with E-state index in [2.05, 4.69) is 0 Å². The zero-order valence-corrected chi connectivity index (χ0v) is 12.8. The second-order valence-electron chi connectivity index (χ2n) is 4.46. The van der Waals surface area contributed by atoms with Gasteiger partial charge in [0.25, 0.3) is 0 Å². The number of anilines is 1. The van der Waals surface area contributed by atoms with Gasteiger partial charge in [-0.3, -0.25) is 4.79 Å². The first kappa shape index (κ1) is 17.1. The zero-order chi connectivity index (χ0) is 14.4. The van der Waals surface area contributed by atoms with E-state index in [9.17, 15) is 4.79 Å². The maximum absolute atomic E-state index is 11.2. The highest BCUT2D eigenvalue weighted by Crippen LogP contribution is 2.29. The molecule has 0 aliphatic carbocycles. The van der Waals surface area contributed by atoms with Crippen molar-refractivity contribution in [1.82, 2.24) is 0 Å². The van der Waals surface area contributed by atoms with E-state index < -0.39 is 0 Å². The highest BCUT2D eigenvalue weighted by Gasteiger charge is 2.05. The number of esters is 1. The highest BCUT2D eigenvalue weighted by atomic mass is 35.5. The van der Waals surface area contributed by atoms with E-state index in [0.29, 0.717) is 26.1 Å². The van der Waals surface area contributed by atoms with E-state index in [1.54, 1.807) is 6.92 Å². The number of carbonyl (C=O) groups is 1. The smallest absolute Gasteiger partial charge is 0.305 e. The Hall–Kier alpha value is -1.94. The minimum atomic E-state index is -0.182. The summed E-state index contributed by atoms with van der Waals surface area (Å²) in [6.07, 6.45) is 1.01. The topological polar surface area (TPSA) is 61.5 Å². The summed E-state index contributed by atoms with van der Waals surface area (Å²) in [5, 5.41) is 1.97. The van der Waals surface area contributed by atoms with Gasteiger partial charge in [-0.15, -0.1) is 12.4 Å². The van der Waals surface area contributed by atoms with Crippen molar-refractivity contribution in [2.75, 3.05) is 18.9 Å². The average molecular weight is 310 g/mol. The summed E-state index contributed by atoms with van der Waals surface area (Å²) in [5.74, 6) is 0.608. The van der Waals surface area contributed by atoms with Gasteiger partial charge in [-0.05, 0) is 25.5 Å². The first-order chi connectivity index (χ1) is 9.72. The summed E-state index contributed by atoms with van der Waals surface area (Å²) >= 11 is 0. The van der Waals surface area contributed by atoms with Crippen molar-refractivity contribution < 1.29 is 14.3 Å². The van der Waals surface area contributed by atoms with Gasteiger partial charge >= 0.3 is 5.97 Å². The van der Waals surface area contributed by atoms with Gasteiger partial charge in [0.1, 0.15) is 5.75 Å². The lowest BCUT2D eigenvalue weighted by atomic mass is 10.1. The van der Waals surface area contributed by atoms with Crippen LogP contribution < -0.4 is 10.5 Å². The van der Waals surface area contributed by atoms with Crippen LogP contribution >= 0.6 is 12.4 Å². The van der Waals surface area contributed by atoms with Gasteiger partial charge in [0.2, 0.25) is 0 Å². The summed E-state index contributed by atoms with van der Waals surface area (Å²) in [6.45, 7) is 2.70. The van der Waals surface area contributed by atoms with E-state index in [4.69, 9.17) is 15.2 Å². The predicted molar refractivity (Wildman–Crippen MR) is 87.0 cm³/mol. The molecule has 4 nitrogen and oxygen atoms in total. The molecule has 0 radical (unpaired) electrons. The van der Waals surface area contributed by atoms with Gasteiger partial charge in [-0.1, -0.05) is 24.3 Å². The van der Waals surface area contributed by atoms with Crippen molar-refractivity contribution in [1.29, 1.82) is 0 Å². The molecule has 0 bridgehead atoms. The second kappa shape index (κ2) is 8.37. The molecule has 0 aliphatic heterocycles. The maximum atomic E-state index is 11.2. The predicted octanol–water partition coefficient (Wildman–Crippen LogP) is 3.57. The molecule has 0 fully saturated rings. The fraction of sp³-hybridized carbons (Fsp3) is 0.312. The maximum Gasteiger partial charge on any atom is 0.305 e. The van der Waals surface area contributed by atoms with Crippen molar-refractivity contribution >= 4 is 34.8 Å². The van der Waals surface area contributed by atoms with E-state index in [1.807, 2.05) is 36.4 Å². The molecule has 0 heterocycles. The molecule has 0 aromatic heterocycles. The van der Waals surface area contributed by atoms with Gasteiger partial charge in [0.15, 0.2) is 0 Å². The van der Waals surface area contributed by atoms with Gasteiger partial charge in [-0.2, -0.15) is 0 Å². The van der Waals surface area contributed by atoms with E-state index >= 15 is 0 Å². The Labute approximate surface area is 130 Å². The largest absolute Gasteiger partial charge is 0.493 e. The number of carbonyl (C=O) groups excluding carboxylic acids is 1. The molecule has 2 N–H and O–H groups in total. The Morgan fingerprint density at radius 1 is 1.14 bits per heavy atom.